The Bertz CT molecular complexity index is 397. The largest absolute Gasteiger partial charge is 0.488 e. The molecule has 0 radical (unpaired) electrons. The minimum absolute atomic E-state index is 0.0479. The summed E-state index contributed by atoms with van der Waals surface area (Å²) in [6, 6.07) is 3.22. The van der Waals surface area contributed by atoms with E-state index in [-0.39, 0.29) is 11.8 Å². The molecule has 0 aromatic heterocycles. The highest BCUT2D eigenvalue weighted by Crippen LogP contribution is 2.35. The lowest BCUT2D eigenvalue weighted by atomic mass is 10.2. The number of hydrogen-bond donors (Lipinski definition) is 1. The maximum Gasteiger partial charge on any atom is 0.416 e. The third-order valence-electron chi connectivity index (χ3n) is 2.93. The van der Waals surface area contributed by atoms with E-state index in [4.69, 9.17) is 10.5 Å². The van der Waals surface area contributed by atoms with Crippen LogP contribution in [0, 0.1) is 0 Å². The Morgan fingerprint density at radius 1 is 1.18 bits per heavy atom. The lowest BCUT2D eigenvalue weighted by Crippen LogP contribution is -2.13. The zero-order valence-electron chi connectivity index (χ0n) is 9.26. The van der Waals surface area contributed by atoms with Gasteiger partial charge in [0, 0.05) is 0 Å². The van der Waals surface area contributed by atoms with E-state index in [1.165, 1.54) is 6.07 Å². The van der Waals surface area contributed by atoms with E-state index in [1.807, 2.05) is 0 Å². The molecule has 1 aliphatic carbocycles. The fraction of sp³-hybridized carbons (Fsp3) is 0.500. The quantitative estimate of drug-likeness (QED) is 0.808. The number of hydrogen-bond acceptors (Lipinski definition) is 2. The second kappa shape index (κ2) is 4.47. The lowest BCUT2D eigenvalue weighted by molar-refractivity contribution is -0.137. The standard InChI is InChI=1S/C12H14F3NO/c13-12(14,15)8-5-6-11(10(16)7-8)17-9-3-1-2-4-9/h5-7,9H,1-4,16H2. The molecule has 0 bridgehead atoms. The summed E-state index contributed by atoms with van der Waals surface area (Å²) in [4.78, 5) is 0. The maximum atomic E-state index is 12.4. The highest BCUT2D eigenvalue weighted by atomic mass is 19.4. The predicted molar refractivity (Wildman–Crippen MR) is 58.7 cm³/mol. The number of halogens is 3. The summed E-state index contributed by atoms with van der Waals surface area (Å²) in [7, 11) is 0. The van der Waals surface area contributed by atoms with Gasteiger partial charge in [-0.05, 0) is 43.9 Å². The first-order valence-corrected chi connectivity index (χ1v) is 5.60. The van der Waals surface area contributed by atoms with Gasteiger partial charge in [0.05, 0.1) is 17.4 Å². The third-order valence-corrected chi connectivity index (χ3v) is 2.93. The molecule has 5 heteroatoms. The van der Waals surface area contributed by atoms with Gasteiger partial charge in [-0.1, -0.05) is 0 Å². The molecule has 0 atom stereocenters. The Kier molecular flexibility index (Phi) is 3.17. The number of nitrogen functional groups attached to an aromatic ring is 1. The zero-order chi connectivity index (χ0) is 12.5. The number of anilines is 1. The monoisotopic (exact) mass is 245 g/mol. The van der Waals surface area contributed by atoms with Gasteiger partial charge in [0.2, 0.25) is 0 Å². The van der Waals surface area contributed by atoms with Crippen molar-refractivity contribution < 1.29 is 17.9 Å². The Morgan fingerprint density at radius 3 is 2.35 bits per heavy atom. The summed E-state index contributed by atoms with van der Waals surface area (Å²) in [5.74, 6) is 0.352. The van der Waals surface area contributed by atoms with Crippen LogP contribution in [0.2, 0.25) is 0 Å². The minimum atomic E-state index is -4.36. The van der Waals surface area contributed by atoms with Gasteiger partial charge in [-0.25, -0.2) is 0 Å². The fourth-order valence-electron chi connectivity index (χ4n) is 2.02. The van der Waals surface area contributed by atoms with Crippen LogP contribution in [0.1, 0.15) is 31.2 Å². The summed E-state index contributed by atoms with van der Waals surface area (Å²) in [6.07, 6.45) is -0.175. The fourth-order valence-corrected chi connectivity index (χ4v) is 2.02. The normalized spacial score (nSPS) is 17.4. The molecule has 2 nitrogen and oxygen atoms in total. The first-order valence-electron chi connectivity index (χ1n) is 5.60. The molecule has 1 aliphatic rings. The molecule has 1 fully saturated rings. The van der Waals surface area contributed by atoms with Crippen molar-refractivity contribution in [3.8, 4) is 5.75 Å². The second-order valence-electron chi connectivity index (χ2n) is 4.27. The van der Waals surface area contributed by atoms with Gasteiger partial charge in [-0.15, -0.1) is 0 Å². The predicted octanol–water partition coefficient (Wildman–Crippen LogP) is 3.61. The molecule has 0 aliphatic heterocycles. The van der Waals surface area contributed by atoms with Crippen molar-refractivity contribution in [2.24, 2.45) is 0 Å². The summed E-state index contributed by atoms with van der Waals surface area (Å²) in [5.41, 5.74) is 4.88. The Hall–Kier alpha value is -1.39. The van der Waals surface area contributed by atoms with Crippen LogP contribution < -0.4 is 10.5 Å². The van der Waals surface area contributed by atoms with E-state index in [9.17, 15) is 13.2 Å². The van der Waals surface area contributed by atoms with Gasteiger partial charge in [-0.3, -0.25) is 0 Å². The molecule has 1 saturated carbocycles. The van der Waals surface area contributed by atoms with Crippen molar-refractivity contribution in [1.82, 2.24) is 0 Å². The molecule has 2 rings (SSSR count). The molecule has 17 heavy (non-hydrogen) atoms. The maximum absolute atomic E-state index is 12.4. The van der Waals surface area contributed by atoms with Crippen LogP contribution in [-0.4, -0.2) is 6.10 Å². The summed E-state index contributed by atoms with van der Waals surface area (Å²) < 4.78 is 42.8. The molecule has 94 valence electrons. The molecule has 0 spiro atoms. The van der Waals surface area contributed by atoms with E-state index >= 15 is 0 Å². The van der Waals surface area contributed by atoms with Gasteiger partial charge in [0.15, 0.2) is 0 Å². The molecule has 1 aromatic rings. The first-order chi connectivity index (χ1) is 7.97. The Morgan fingerprint density at radius 2 is 1.82 bits per heavy atom. The molecule has 0 unspecified atom stereocenters. The highest BCUT2D eigenvalue weighted by molar-refractivity contribution is 5.54. The second-order valence-corrected chi connectivity index (χ2v) is 4.27. The molecular weight excluding hydrogens is 231 g/mol. The molecule has 0 amide bonds. The number of rotatable bonds is 2. The zero-order valence-corrected chi connectivity index (χ0v) is 9.26. The summed E-state index contributed by atoms with van der Waals surface area (Å²) >= 11 is 0. The lowest BCUT2D eigenvalue weighted by Gasteiger charge is -2.16. The average molecular weight is 245 g/mol. The van der Waals surface area contributed by atoms with Crippen molar-refractivity contribution in [3.63, 3.8) is 0 Å². The van der Waals surface area contributed by atoms with E-state index < -0.39 is 11.7 Å². The topological polar surface area (TPSA) is 35.2 Å². The first kappa shape index (κ1) is 12.1. The van der Waals surface area contributed by atoms with Crippen molar-refractivity contribution in [2.75, 3.05) is 5.73 Å². The van der Waals surface area contributed by atoms with Crippen LogP contribution in [0.15, 0.2) is 18.2 Å². The van der Waals surface area contributed by atoms with Gasteiger partial charge in [0.1, 0.15) is 5.75 Å². The van der Waals surface area contributed by atoms with E-state index in [2.05, 4.69) is 0 Å². The number of alkyl halides is 3. The van der Waals surface area contributed by atoms with E-state index in [1.54, 1.807) is 0 Å². The van der Waals surface area contributed by atoms with E-state index in [0.29, 0.717) is 5.75 Å². The number of ether oxygens (including phenoxy) is 1. The molecule has 2 N–H and O–H groups in total. The third kappa shape index (κ3) is 2.84. The molecule has 0 saturated heterocycles. The Labute approximate surface area is 97.6 Å². The van der Waals surface area contributed by atoms with Crippen LogP contribution >= 0.6 is 0 Å². The van der Waals surface area contributed by atoms with Crippen molar-refractivity contribution in [3.05, 3.63) is 23.8 Å². The van der Waals surface area contributed by atoms with Crippen LogP contribution in [0.3, 0.4) is 0 Å². The van der Waals surface area contributed by atoms with Gasteiger partial charge >= 0.3 is 6.18 Å². The van der Waals surface area contributed by atoms with Crippen molar-refractivity contribution in [1.29, 1.82) is 0 Å². The summed E-state index contributed by atoms with van der Waals surface area (Å²) in [6.45, 7) is 0. The molecule has 1 aromatic carbocycles. The van der Waals surface area contributed by atoms with Crippen LogP contribution in [0.5, 0.6) is 5.75 Å². The smallest absolute Gasteiger partial charge is 0.416 e. The van der Waals surface area contributed by atoms with Gasteiger partial charge < -0.3 is 10.5 Å². The minimum Gasteiger partial charge on any atom is -0.488 e. The molecule has 0 heterocycles. The van der Waals surface area contributed by atoms with Gasteiger partial charge in [0.25, 0.3) is 0 Å². The van der Waals surface area contributed by atoms with Crippen molar-refractivity contribution in [2.45, 2.75) is 38.0 Å². The summed E-state index contributed by atoms with van der Waals surface area (Å²) in [5, 5.41) is 0. The average Bonchev–Trinajstić information content (AvgIpc) is 2.72. The SMILES string of the molecule is Nc1cc(C(F)(F)F)ccc1OC1CCCC1. The Balaban J connectivity index is 2.14. The highest BCUT2D eigenvalue weighted by Gasteiger charge is 2.31. The van der Waals surface area contributed by atoms with Gasteiger partial charge in [-0.2, -0.15) is 13.2 Å². The van der Waals surface area contributed by atoms with Crippen LogP contribution in [0.25, 0.3) is 0 Å². The number of benzene rings is 1. The van der Waals surface area contributed by atoms with Crippen LogP contribution in [0.4, 0.5) is 18.9 Å². The van der Waals surface area contributed by atoms with Crippen LogP contribution in [-0.2, 0) is 6.18 Å². The van der Waals surface area contributed by atoms with E-state index in [0.717, 1.165) is 37.8 Å². The molecular formula is C12H14F3NO. The van der Waals surface area contributed by atoms with Crippen molar-refractivity contribution >= 4 is 5.69 Å². The number of nitrogens with two attached hydrogens (primary N) is 1.